The number of carbonyl (C=O) groups excluding carboxylic acids is 1. The molecule has 0 saturated carbocycles. The molecule has 9 heteroatoms. The third-order valence-electron chi connectivity index (χ3n) is 3.95. The van der Waals surface area contributed by atoms with E-state index in [1.54, 1.807) is 16.8 Å². The van der Waals surface area contributed by atoms with Crippen molar-refractivity contribution < 1.29 is 9.21 Å². The van der Waals surface area contributed by atoms with Crippen LogP contribution in [0.1, 0.15) is 12.5 Å². The molecule has 2 aromatic carbocycles. The summed E-state index contributed by atoms with van der Waals surface area (Å²) in [6.07, 6.45) is 0. The molecule has 4 rings (SSSR count). The Balaban J connectivity index is 1.63. The van der Waals surface area contributed by atoms with Crippen LogP contribution in [0.2, 0.25) is 0 Å². The number of amides is 1. The summed E-state index contributed by atoms with van der Waals surface area (Å²) in [6.45, 7) is 1.42. The van der Waals surface area contributed by atoms with Crippen LogP contribution < -0.4 is 10.9 Å². The summed E-state index contributed by atoms with van der Waals surface area (Å²) in [7, 11) is 0. The van der Waals surface area contributed by atoms with Gasteiger partial charge >= 0.3 is 5.63 Å². The van der Waals surface area contributed by atoms with Crippen LogP contribution in [-0.2, 0) is 10.5 Å². The number of hydrogen-bond acceptors (Lipinski definition) is 7. The summed E-state index contributed by atoms with van der Waals surface area (Å²) in [5, 5.41) is 15.9. The number of nitrogens with zero attached hydrogens (tertiary/aromatic N) is 4. The van der Waals surface area contributed by atoms with E-state index >= 15 is 0 Å². The molecule has 2 heterocycles. The molecule has 2 aromatic heterocycles. The molecule has 0 aliphatic heterocycles. The lowest BCUT2D eigenvalue weighted by atomic mass is 10.1. The van der Waals surface area contributed by atoms with Gasteiger partial charge in [0.2, 0.25) is 11.1 Å². The van der Waals surface area contributed by atoms with Gasteiger partial charge in [0.25, 0.3) is 0 Å². The van der Waals surface area contributed by atoms with Gasteiger partial charge in [0, 0.05) is 35.9 Å². The van der Waals surface area contributed by atoms with Crippen molar-refractivity contribution in [1.82, 2.24) is 20.2 Å². The van der Waals surface area contributed by atoms with Gasteiger partial charge in [0.1, 0.15) is 5.58 Å². The van der Waals surface area contributed by atoms with Gasteiger partial charge in [-0.05, 0) is 40.3 Å². The van der Waals surface area contributed by atoms with Crippen molar-refractivity contribution in [3.8, 4) is 5.69 Å². The molecule has 28 heavy (non-hydrogen) atoms. The van der Waals surface area contributed by atoms with E-state index in [0.29, 0.717) is 22.2 Å². The molecule has 0 aliphatic carbocycles. The second-order valence-electron chi connectivity index (χ2n) is 5.98. The van der Waals surface area contributed by atoms with E-state index in [1.165, 1.54) is 24.8 Å². The second kappa shape index (κ2) is 7.65. The maximum atomic E-state index is 12.0. The van der Waals surface area contributed by atoms with E-state index in [-0.39, 0.29) is 5.91 Å². The zero-order valence-corrected chi connectivity index (χ0v) is 15.6. The molecule has 140 valence electrons. The highest BCUT2D eigenvalue weighted by Gasteiger charge is 2.12. The van der Waals surface area contributed by atoms with Crippen LogP contribution >= 0.6 is 11.8 Å². The average molecular weight is 393 g/mol. The third kappa shape index (κ3) is 3.79. The molecule has 8 nitrogen and oxygen atoms in total. The highest BCUT2D eigenvalue weighted by molar-refractivity contribution is 7.98. The number of tetrazole rings is 1. The molecule has 0 aliphatic rings. The van der Waals surface area contributed by atoms with Gasteiger partial charge in [-0.3, -0.25) is 4.79 Å². The van der Waals surface area contributed by atoms with Crippen LogP contribution in [0.15, 0.2) is 69.0 Å². The Bertz CT molecular complexity index is 1200. The molecule has 0 fully saturated rings. The molecule has 0 unspecified atom stereocenters. The Labute approximate surface area is 163 Å². The summed E-state index contributed by atoms with van der Waals surface area (Å²) < 4.78 is 6.94. The first-order valence-corrected chi connectivity index (χ1v) is 9.40. The lowest BCUT2D eigenvalue weighted by Crippen LogP contribution is -2.06. The van der Waals surface area contributed by atoms with Crippen LogP contribution in [0.3, 0.4) is 0 Å². The normalized spacial score (nSPS) is 10.9. The number of rotatable bonds is 5. The minimum Gasteiger partial charge on any atom is -0.423 e. The molecule has 1 N–H and O–H groups in total. The standard InChI is InChI=1S/C19H15N5O3S/c1-12(25)20-14-7-8-16-13(9-18(26)27-17(16)10-14)11-28-19-21-22-23-24(19)15-5-3-2-4-6-15/h2-10H,11H2,1H3,(H,20,25). The Kier molecular flexibility index (Phi) is 4.90. The zero-order valence-electron chi connectivity index (χ0n) is 14.8. The van der Waals surface area contributed by atoms with Gasteiger partial charge in [-0.2, -0.15) is 4.68 Å². The summed E-state index contributed by atoms with van der Waals surface area (Å²) >= 11 is 1.42. The smallest absolute Gasteiger partial charge is 0.336 e. The van der Waals surface area contributed by atoms with Crippen molar-refractivity contribution >= 4 is 34.3 Å². The lowest BCUT2D eigenvalue weighted by Gasteiger charge is -2.08. The Hall–Kier alpha value is -3.46. The van der Waals surface area contributed by atoms with Crippen molar-refractivity contribution in [3.05, 3.63) is 70.6 Å². The number of carbonyl (C=O) groups is 1. The minimum absolute atomic E-state index is 0.193. The average Bonchev–Trinajstić information content (AvgIpc) is 3.14. The molecular formula is C19H15N5O3S. The van der Waals surface area contributed by atoms with Crippen molar-refractivity contribution in [2.45, 2.75) is 17.8 Å². The number of anilines is 1. The largest absolute Gasteiger partial charge is 0.423 e. The molecular weight excluding hydrogens is 378 g/mol. The Morgan fingerprint density at radius 2 is 2.00 bits per heavy atom. The molecule has 0 radical (unpaired) electrons. The van der Waals surface area contributed by atoms with Crippen LogP contribution in [-0.4, -0.2) is 26.1 Å². The number of benzene rings is 2. The first-order chi connectivity index (χ1) is 13.6. The van der Waals surface area contributed by atoms with E-state index in [1.807, 2.05) is 36.4 Å². The number of fused-ring (bicyclic) bond motifs is 1. The first-order valence-electron chi connectivity index (χ1n) is 8.41. The summed E-state index contributed by atoms with van der Waals surface area (Å²) in [4.78, 5) is 23.2. The summed E-state index contributed by atoms with van der Waals surface area (Å²) in [6, 6.07) is 16.3. The molecule has 0 atom stereocenters. The van der Waals surface area contributed by atoms with Crippen LogP contribution in [0.5, 0.6) is 0 Å². The first kappa shape index (κ1) is 17.9. The third-order valence-corrected chi connectivity index (χ3v) is 4.92. The zero-order chi connectivity index (χ0) is 19.5. The molecule has 0 spiro atoms. The molecule has 4 aromatic rings. The van der Waals surface area contributed by atoms with Gasteiger partial charge in [0.05, 0.1) is 5.69 Å². The van der Waals surface area contributed by atoms with Gasteiger partial charge in [-0.1, -0.05) is 30.0 Å². The van der Waals surface area contributed by atoms with Crippen molar-refractivity contribution in [2.24, 2.45) is 0 Å². The van der Waals surface area contributed by atoms with Crippen LogP contribution in [0, 0.1) is 0 Å². The van der Waals surface area contributed by atoms with Crippen molar-refractivity contribution in [3.63, 3.8) is 0 Å². The fourth-order valence-corrected chi connectivity index (χ4v) is 3.65. The number of thioether (sulfide) groups is 1. The van der Waals surface area contributed by atoms with Gasteiger partial charge in [0.15, 0.2) is 0 Å². The molecule has 1 amide bonds. The van der Waals surface area contributed by atoms with E-state index < -0.39 is 5.63 Å². The van der Waals surface area contributed by atoms with Crippen molar-refractivity contribution in [2.75, 3.05) is 5.32 Å². The highest BCUT2D eigenvalue weighted by Crippen LogP contribution is 2.27. The lowest BCUT2D eigenvalue weighted by molar-refractivity contribution is -0.114. The maximum Gasteiger partial charge on any atom is 0.336 e. The second-order valence-corrected chi connectivity index (χ2v) is 6.92. The fourth-order valence-electron chi connectivity index (χ4n) is 2.77. The maximum absolute atomic E-state index is 12.0. The van der Waals surface area contributed by atoms with E-state index in [9.17, 15) is 9.59 Å². The highest BCUT2D eigenvalue weighted by atomic mass is 32.2. The van der Waals surface area contributed by atoms with Crippen LogP contribution in [0.25, 0.3) is 16.7 Å². The number of nitrogens with one attached hydrogen (secondary N) is 1. The quantitative estimate of drug-likeness (QED) is 0.411. The van der Waals surface area contributed by atoms with Gasteiger partial charge < -0.3 is 9.73 Å². The summed E-state index contributed by atoms with van der Waals surface area (Å²) in [5.74, 6) is 0.288. The fraction of sp³-hybridized carbons (Fsp3) is 0.105. The SMILES string of the molecule is CC(=O)Nc1ccc2c(CSc3nnnn3-c3ccccc3)cc(=O)oc2c1. The van der Waals surface area contributed by atoms with Crippen LogP contribution in [0.4, 0.5) is 5.69 Å². The monoisotopic (exact) mass is 393 g/mol. The topological polar surface area (TPSA) is 103 Å². The number of aromatic nitrogens is 4. The van der Waals surface area contributed by atoms with E-state index in [4.69, 9.17) is 4.42 Å². The Morgan fingerprint density at radius 1 is 1.18 bits per heavy atom. The number of para-hydroxylation sites is 1. The number of hydrogen-bond donors (Lipinski definition) is 1. The molecule has 0 saturated heterocycles. The van der Waals surface area contributed by atoms with E-state index in [0.717, 1.165) is 16.6 Å². The Morgan fingerprint density at radius 3 is 2.79 bits per heavy atom. The predicted octanol–water partition coefficient (Wildman–Crippen LogP) is 3.02. The van der Waals surface area contributed by atoms with E-state index in [2.05, 4.69) is 20.8 Å². The van der Waals surface area contributed by atoms with Crippen molar-refractivity contribution in [1.29, 1.82) is 0 Å². The minimum atomic E-state index is -0.453. The molecule has 0 bridgehead atoms. The van der Waals surface area contributed by atoms with Gasteiger partial charge in [-0.25, -0.2) is 4.79 Å². The predicted molar refractivity (Wildman–Crippen MR) is 106 cm³/mol. The van der Waals surface area contributed by atoms with Gasteiger partial charge in [-0.15, -0.1) is 5.10 Å². The summed E-state index contributed by atoms with van der Waals surface area (Å²) in [5.41, 5.74) is 2.18.